The normalized spacial score (nSPS) is 14.0. The SMILES string of the molecule is CCOC(=O)c1ccc(OCC(O)Cn2nc(C)c(S(=O)(=O)N3CCc4ccccc43)c2C)cc1. The summed E-state index contributed by atoms with van der Waals surface area (Å²) in [4.78, 5) is 11.9. The molecule has 0 aliphatic carbocycles. The van der Waals surface area contributed by atoms with Crippen LogP contribution in [0, 0.1) is 13.8 Å². The molecule has 9 nitrogen and oxygen atoms in total. The molecule has 35 heavy (non-hydrogen) atoms. The van der Waals surface area contributed by atoms with E-state index < -0.39 is 22.1 Å². The zero-order chi connectivity index (χ0) is 25.2. The first-order chi connectivity index (χ1) is 16.7. The Morgan fingerprint density at radius 1 is 1.14 bits per heavy atom. The predicted octanol–water partition coefficient (Wildman–Crippen LogP) is 2.87. The monoisotopic (exact) mass is 499 g/mol. The van der Waals surface area contributed by atoms with Crippen LogP contribution in [0.3, 0.4) is 0 Å². The van der Waals surface area contributed by atoms with E-state index in [0.717, 1.165) is 5.56 Å². The number of hydrogen-bond donors (Lipinski definition) is 1. The Bertz CT molecular complexity index is 1320. The van der Waals surface area contributed by atoms with Gasteiger partial charge >= 0.3 is 5.97 Å². The minimum atomic E-state index is -3.80. The van der Waals surface area contributed by atoms with Crippen LogP contribution in [0.5, 0.6) is 5.75 Å². The van der Waals surface area contributed by atoms with E-state index >= 15 is 0 Å². The first kappa shape index (κ1) is 24.7. The number of hydrogen-bond acceptors (Lipinski definition) is 7. The van der Waals surface area contributed by atoms with E-state index in [2.05, 4.69) is 5.10 Å². The number of benzene rings is 2. The number of fused-ring (bicyclic) bond motifs is 1. The topological polar surface area (TPSA) is 111 Å². The Labute approximate surface area is 204 Å². The van der Waals surface area contributed by atoms with Gasteiger partial charge in [-0.05, 0) is 63.1 Å². The van der Waals surface area contributed by atoms with Crippen molar-refractivity contribution in [2.24, 2.45) is 0 Å². The van der Waals surface area contributed by atoms with Crippen LogP contribution in [-0.4, -0.2) is 55.1 Å². The first-order valence-corrected chi connectivity index (χ1v) is 12.9. The molecule has 1 atom stereocenters. The van der Waals surface area contributed by atoms with Crippen molar-refractivity contribution in [1.82, 2.24) is 9.78 Å². The zero-order valence-electron chi connectivity index (χ0n) is 20.0. The molecule has 1 N–H and O–H groups in total. The number of aryl methyl sites for hydroxylation is 1. The number of esters is 1. The Hall–Kier alpha value is -3.37. The summed E-state index contributed by atoms with van der Waals surface area (Å²) in [6.45, 7) is 5.81. The molecule has 186 valence electrons. The molecule has 0 amide bonds. The fraction of sp³-hybridized carbons (Fsp3) is 0.360. The van der Waals surface area contributed by atoms with Crippen molar-refractivity contribution >= 4 is 21.7 Å². The fourth-order valence-corrected chi connectivity index (χ4v) is 6.13. The smallest absolute Gasteiger partial charge is 0.338 e. The summed E-state index contributed by atoms with van der Waals surface area (Å²) in [6, 6.07) is 13.9. The number of sulfonamides is 1. The van der Waals surface area contributed by atoms with Crippen molar-refractivity contribution in [1.29, 1.82) is 0 Å². The van der Waals surface area contributed by atoms with Crippen LogP contribution in [0.1, 0.15) is 34.2 Å². The average Bonchev–Trinajstić information content (AvgIpc) is 3.39. The van der Waals surface area contributed by atoms with Crippen molar-refractivity contribution in [3.63, 3.8) is 0 Å². The molecule has 4 rings (SSSR count). The van der Waals surface area contributed by atoms with Gasteiger partial charge in [-0.1, -0.05) is 18.2 Å². The highest BCUT2D eigenvalue weighted by atomic mass is 32.2. The molecule has 1 unspecified atom stereocenters. The molecular weight excluding hydrogens is 470 g/mol. The summed E-state index contributed by atoms with van der Waals surface area (Å²) in [5, 5.41) is 14.9. The molecule has 1 aromatic heterocycles. The number of para-hydroxylation sites is 1. The molecular formula is C25H29N3O6S. The van der Waals surface area contributed by atoms with Crippen molar-refractivity contribution in [3.8, 4) is 5.75 Å². The van der Waals surface area contributed by atoms with Gasteiger partial charge in [-0.2, -0.15) is 5.10 Å². The van der Waals surface area contributed by atoms with Gasteiger partial charge in [0, 0.05) is 6.54 Å². The number of aromatic nitrogens is 2. The lowest BCUT2D eigenvalue weighted by Crippen LogP contribution is -2.30. The Balaban J connectivity index is 1.43. The summed E-state index contributed by atoms with van der Waals surface area (Å²) in [6.07, 6.45) is -0.265. The number of aliphatic hydroxyl groups is 1. The van der Waals surface area contributed by atoms with Gasteiger partial charge in [0.15, 0.2) is 0 Å². The number of aliphatic hydroxyl groups excluding tert-OH is 1. The van der Waals surface area contributed by atoms with Gasteiger partial charge in [0.1, 0.15) is 23.4 Å². The molecule has 3 aromatic rings. The number of carbonyl (C=O) groups excluding carboxylic acids is 1. The van der Waals surface area contributed by atoms with Crippen LogP contribution >= 0.6 is 0 Å². The number of anilines is 1. The van der Waals surface area contributed by atoms with Crippen molar-refractivity contribution < 1.29 is 27.8 Å². The second-order valence-corrected chi connectivity index (χ2v) is 10.1. The summed E-state index contributed by atoms with van der Waals surface area (Å²) >= 11 is 0. The molecule has 0 saturated heterocycles. The quantitative estimate of drug-likeness (QED) is 0.451. The second-order valence-electron chi connectivity index (χ2n) is 8.35. The van der Waals surface area contributed by atoms with Gasteiger partial charge in [0.25, 0.3) is 10.0 Å². The highest BCUT2D eigenvalue weighted by Crippen LogP contribution is 2.34. The summed E-state index contributed by atoms with van der Waals surface area (Å²) in [7, 11) is -3.80. The lowest BCUT2D eigenvalue weighted by molar-refractivity contribution is 0.0526. The molecule has 0 spiro atoms. The van der Waals surface area contributed by atoms with Crippen molar-refractivity contribution in [2.45, 2.75) is 44.7 Å². The third-order valence-corrected chi connectivity index (χ3v) is 7.97. The highest BCUT2D eigenvalue weighted by molar-refractivity contribution is 7.93. The standard InChI is InChI=1S/C25H29N3O6S/c1-4-33-25(30)20-9-11-22(12-10-20)34-16-21(29)15-27-18(3)24(17(2)26-27)35(31,32)28-14-13-19-7-5-6-8-23(19)28/h5-12,21,29H,4,13-16H2,1-3H3. The Morgan fingerprint density at radius 2 is 1.86 bits per heavy atom. The second kappa shape index (κ2) is 10.1. The number of carbonyl (C=O) groups is 1. The van der Waals surface area contributed by atoms with Crippen molar-refractivity contribution in [2.75, 3.05) is 24.1 Å². The molecule has 2 aromatic carbocycles. The number of ether oxygens (including phenoxy) is 2. The summed E-state index contributed by atoms with van der Waals surface area (Å²) in [5.74, 6) is 0.0771. The van der Waals surface area contributed by atoms with E-state index in [1.165, 1.54) is 8.99 Å². The molecule has 1 aliphatic heterocycles. The van der Waals surface area contributed by atoms with Gasteiger partial charge in [-0.3, -0.25) is 8.99 Å². The fourth-order valence-electron chi connectivity index (χ4n) is 4.25. The number of nitrogens with zero attached hydrogens (tertiary/aromatic N) is 3. The molecule has 10 heteroatoms. The maximum atomic E-state index is 13.5. The molecule has 0 bridgehead atoms. The van der Waals surface area contributed by atoms with E-state index in [0.29, 0.717) is 48.0 Å². The highest BCUT2D eigenvalue weighted by Gasteiger charge is 2.35. The molecule has 1 aliphatic rings. The van der Waals surface area contributed by atoms with Crippen LogP contribution in [-0.2, 0) is 27.7 Å². The lowest BCUT2D eigenvalue weighted by Gasteiger charge is -2.20. The molecule has 0 radical (unpaired) electrons. The van der Waals surface area contributed by atoms with Crippen molar-refractivity contribution in [3.05, 3.63) is 71.0 Å². The number of rotatable bonds is 9. The van der Waals surface area contributed by atoms with Gasteiger partial charge in [-0.15, -0.1) is 0 Å². The van der Waals surface area contributed by atoms with Gasteiger partial charge in [0.05, 0.1) is 35.8 Å². The Kier molecular flexibility index (Phi) is 7.13. The third kappa shape index (κ3) is 5.03. The van der Waals surface area contributed by atoms with E-state index in [4.69, 9.17) is 9.47 Å². The van der Waals surface area contributed by atoms with E-state index in [9.17, 15) is 18.3 Å². The largest absolute Gasteiger partial charge is 0.491 e. The van der Waals surface area contributed by atoms with Crippen LogP contribution in [0.25, 0.3) is 0 Å². The third-order valence-electron chi connectivity index (χ3n) is 5.90. The Morgan fingerprint density at radius 3 is 2.57 bits per heavy atom. The predicted molar refractivity (Wildman–Crippen MR) is 130 cm³/mol. The lowest BCUT2D eigenvalue weighted by atomic mass is 10.2. The van der Waals surface area contributed by atoms with Crippen LogP contribution < -0.4 is 9.04 Å². The first-order valence-electron chi connectivity index (χ1n) is 11.4. The molecule has 0 fully saturated rings. The summed E-state index contributed by atoms with van der Waals surface area (Å²) < 4.78 is 40.6. The van der Waals surface area contributed by atoms with Gasteiger partial charge < -0.3 is 14.6 Å². The van der Waals surface area contributed by atoms with Gasteiger partial charge in [-0.25, -0.2) is 13.2 Å². The van der Waals surface area contributed by atoms with E-state index in [-0.39, 0.29) is 18.0 Å². The van der Waals surface area contributed by atoms with Crippen LogP contribution in [0.4, 0.5) is 5.69 Å². The van der Waals surface area contributed by atoms with E-state index in [1.807, 2.05) is 24.3 Å². The minimum Gasteiger partial charge on any atom is -0.491 e. The average molecular weight is 500 g/mol. The zero-order valence-corrected chi connectivity index (χ0v) is 20.8. The maximum absolute atomic E-state index is 13.5. The summed E-state index contributed by atoms with van der Waals surface area (Å²) in [5.41, 5.74) is 2.96. The van der Waals surface area contributed by atoms with E-state index in [1.54, 1.807) is 45.0 Å². The van der Waals surface area contributed by atoms with Crippen LogP contribution in [0.15, 0.2) is 53.4 Å². The van der Waals surface area contributed by atoms with Crippen LogP contribution in [0.2, 0.25) is 0 Å². The minimum absolute atomic E-state index is 0.0291. The maximum Gasteiger partial charge on any atom is 0.338 e. The van der Waals surface area contributed by atoms with Gasteiger partial charge in [0.2, 0.25) is 0 Å². The molecule has 0 saturated carbocycles. The molecule has 2 heterocycles.